The van der Waals surface area contributed by atoms with Crippen molar-refractivity contribution in [1.29, 1.82) is 0 Å². The number of amides is 1. The van der Waals surface area contributed by atoms with Crippen molar-refractivity contribution in [1.82, 2.24) is 20.0 Å². The summed E-state index contributed by atoms with van der Waals surface area (Å²) in [6.45, 7) is 10.0. The fourth-order valence-electron chi connectivity index (χ4n) is 3.53. The molecular weight excluding hydrogens is 264 g/mol. The summed E-state index contributed by atoms with van der Waals surface area (Å²) < 4.78 is 0. The standard InChI is InChI=1S/C16H28N4O/c1-2-20(14-5-3-4-6-14)16(21)13-18-7-9-19(10-8-18)15-11-17-12-15/h5,15,17H,2-4,6-13H2,1H3. The topological polar surface area (TPSA) is 38.8 Å². The van der Waals surface area contributed by atoms with Gasteiger partial charge in [-0.3, -0.25) is 14.6 Å². The first-order valence-electron chi connectivity index (χ1n) is 8.44. The number of hydrogen-bond donors (Lipinski definition) is 1. The molecule has 5 nitrogen and oxygen atoms in total. The van der Waals surface area contributed by atoms with Gasteiger partial charge >= 0.3 is 0 Å². The average Bonchev–Trinajstić information content (AvgIpc) is 2.94. The maximum Gasteiger partial charge on any atom is 0.240 e. The van der Waals surface area contributed by atoms with Gasteiger partial charge in [0.15, 0.2) is 0 Å². The van der Waals surface area contributed by atoms with Crippen LogP contribution in [0.2, 0.25) is 0 Å². The third-order valence-corrected chi connectivity index (χ3v) is 5.02. The van der Waals surface area contributed by atoms with Gasteiger partial charge in [0.2, 0.25) is 5.91 Å². The maximum atomic E-state index is 12.5. The van der Waals surface area contributed by atoms with Crippen LogP contribution >= 0.6 is 0 Å². The Hall–Kier alpha value is -0.910. The van der Waals surface area contributed by atoms with Crippen LogP contribution in [0.25, 0.3) is 0 Å². The lowest BCUT2D eigenvalue weighted by Gasteiger charge is -2.43. The lowest BCUT2D eigenvalue weighted by molar-refractivity contribution is -0.131. The van der Waals surface area contributed by atoms with Gasteiger partial charge in [-0.2, -0.15) is 0 Å². The zero-order valence-electron chi connectivity index (χ0n) is 13.2. The molecule has 0 bridgehead atoms. The summed E-state index contributed by atoms with van der Waals surface area (Å²) in [5, 5.41) is 3.33. The van der Waals surface area contributed by atoms with Crippen LogP contribution in [0.1, 0.15) is 26.2 Å². The van der Waals surface area contributed by atoms with Crippen LogP contribution < -0.4 is 5.32 Å². The maximum absolute atomic E-state index is 12.5. The molecule has 2 saturated heterocycles. The molecule has 0 atom stereocenters. The summed E-state index contributed by atoms with van der Waals surface area (Å²) in [7, 11) is 0. The van der Waals surface area contributed by atoms with Crippen molar-refractivity contribution in [3.8, 4) is 0 Å². The van der Waals surface area contributed by atoms with Gasteiger partial charge in [0.1, 0.15) is 0 Å². The van der Waals surface area contributed by atoms with Gasteiger partial charge in [0.05, 0.1) is 6.54 Å². The number of nitrogens with zero attached hydrogens (tertiary/aromatic N) is 3. The first kappa shape index (κ1) is 15.0. The summed E-state index contributed by atoms with van der Waals surface area (Å²) in [5.41, 5.74) is 1.25. The predicted octanol–water partition coefficient (Wildman–Crippen LogP) is 0.492. The van der Waals surface area contributed by atoms with Gasteiger partial charge in [-0.05, 0) is 26.2 Å². The Kier molecular flexibility index (Phi) is 4.93. The Balaban J connectivity index is 1.46. The van der Waals surface area contributed by atoms with E-state index in [-0.39, 0.29) is 5.91 Å². The van der Waals surface area contributed by atoms with E-state index < -0.39 is 0 Å². The Bertz CT molecular complexity index is 397. The zero-order valence-corrected chi connectivity index (χ0v) is 13.2. The Morgan fingerprint density at radius 1 is 1.33 bits per heavy atom. The van der Waals surface area contributed by atoms with Crippen molar-refractivity contribution in [2.45, 2.75) is 32.2 Å². The van der Waals surface area contributed by atoms with E-state index in [4.69, 9.17) is 0 Å². The molecule has 2 fully saturated rings. The van der Waals surface area contributed by atoms with E-state index >= 15 is 0 Å². The van der Waals surface area contributed by atoms with Crippen molar-refractivity contribution < 1.29 is 4.79 Å². The normalized spacial score (nSPS) is 24.7. The minimum Gasteiger partial charge on any atom is -0.316 e. The van der Waals surface area contributed by atoms with Crippen LogP contribution in [-0.4, -0.2) is 79.0 Å². The van der Waals surface area contributed by atoms with Crippen LogP contribution in [0.15, 0.2) is 11.8 Å². The second-order valence-corrected chi connectivity index (χ2v) is 6.35. The van der Waals surface area contributed by atoms with Gasteiger partial charge in [0, 0.05) is 57.6 Å². The smallest absolute Gasteiger partial charge is 0.240 e. The second kappa shape index (κ2) is 6.90. The minimum atomic E-state index is 0.282. The summed E-state index contributed by atoms with van der Waals surface area (Å²) in [6.07, 6.45) is 5.64. The Morgan fingerprint density at radius 3 is 2.62 bits per heavy atom. The number of piperazine rings is 1. The van der Waals surface area contributed by atoms with Crippen LogP contribution in [0.5, 0.6) is 0 Å². The summed E-state index contributed by atoms with van der Waals surface area (Å²) in [5.74, 6) is 0.282. The van der Waals surface area contributed by atoms with Crippen molar-refractivity contribution in [2.75, 3.05) is 52.4 Å². The molecule has 0 radical (unpaired) electrons. The fourth-order valence-corrected chi connectivity index (χ4v) is 3.53. The van der Waals surface area contributed by atoms with E-state index in [9.17, 15) is 4.79 Å². The molecule has 118 valence electrons. The molecule has 2 aliphatic heterocycles. The van der Waals surface area contributed by atoms with E-state index in [1.807, 2.05) is 4.90 Å². The largest absolute Gasteiger partial charge is 0.316 e. The second-order valence-electron chi connectivity index (χ2n) is 6.35. The zero-order chi connectivity index (χ0) is 14.7. The third kappa shape index (κ3) is 3.47. The lowest BCUT2D eigenvalue weighted by atomic mass is 10.1. The van der Waals surface area contributed by atoms with Gasteiger partial charge in [0.25, 0.3) is 0 Å². The summed E-state index contributed by atoms with van der Waals surface area (Å²) >= 11 is 0. The molecule has 21 heavy (non-hydrogen) atoms. The van der Waals surface area contributed by atoms with Crippen molar-refractivity contribution in [3.63, 3.8) is 0 Å². The number of nitrogens with one attached hydrogen (secondary N) is 1. The molecule has 0 spiro atoms. The Morgan fingerprint density at radius 2 is 2.10 bits per heavy atom. The van der Waals surface area contributed by atoms with Crippen molar-refractivity contribution in [2.24, 2.45) is 0 Å². The molecule has 1 aliphatic carbocycles. The monoisotopic (exact) mass is 292 g/mol. The van der Waals surface area contributed by atoms with E-state index in [0.717, 1.165) is 64.7 Å². The van der Waals surface area contributed by atoms with Crippen molar-refractivity contribution in [3.05, 3.63) is 11.8 Å². The molecule has 0 aromatic carbocycles. The predicted molar refractivity (Wildman–Crippen MR) is 84.0 cm³/mol. The highest BCUT2D eigenvalue weighted by atomic mass is 16.2. The molecule has 0 unspecified atom stereocenters. The molecule has 0 saturated carbocycles. The van der Waals surface area contributed by atoms with Gasteiger partial charge in [-0.15, -0.1) is 0 Å². The first-order valence-corrected chi connectivity index (χ1v) is 8.44. The number of hydrogen-bond acceptors (Lipinski definition) is 4. The van der Waals surface area contributed by atoms with E-state index in [1.54, 1.807) is 0 Å². The van der Waals surface area contributed by atoms with Crippen LogP contribution in [-0.2, 0) is 4.79 Å². The van der Waals surface area contributed by atoms with E-state index in [2.05, 4.69) is 28.1 Å². The minimum absolute atomic E-state index is 0.282. The van der Waals surface area contributed by atoms with Crippen LogP contribution in [0, 0.1) is 0 Å². The highest BCUT2D eigenvalue weighted by molar-refractivity contribution is 5.80. The quantitative estimate of drug-likeness (QED) is 0.800. The molecule has 1 amide bonds. The van der Waals surface area contributed by atoms with E-state index in [1.165, 1.54) is 12.1 Å². The highest BCUT2D eigenvalue weighted by Gasteiger charge is 2.29. The SMILES string of the molecule is CCN(C(=O)CN1CCN(C2CNC2)CC1)C1=CCCC1. The number of likely N-dealkylation sites (N-methyl/N-ethyl adjacent to an activating group) is 1. The summed E-state index contributed by atoms with van der Waals surface area (Å²) in [4.78, 5) is 19.4. The molecule has 1 N–H and O–H groups in total. The number of allylic oxidation sites excluding steroid dienone is 2. The summed E-state index contributed by atoms with van der Waals surface area (Å²) in [6, 6.07) is 0.735. The molecule has 5 heteroatoms. The molecule has 2 heterocycles. The number of rotatable bonds is 5. The molecule has 0 aromatic heterocycles. The van der Waals surface area contributed by atoms with Crippen molar-refractivity contribution >= 4 is 5.91 Å². The van der Waals surface area contributed by atoms with Crippen LogP contribution in [0.3, 0.4) is 0 Å². The number of carbonyl (C=O) groups is 1. The van der Waals surface area contributed by atoms with E-state index in [0.29, 0.717) is 6.54 Å². The van der Waals surface area contributed by atoms with Gasteiger partial charge < -0.3 is 10.2 Å². The van der Waals surface area contributed by atoms with Gasteiger partial charge in [-0.1, -0.05) is 6.08 Å². The van der Waals surface area contributed by atoms with Crippen LogP contribution in [0.4, 0.5) is 0 Å². The Labute approximate surface area is 127 Å². The molecule has 0 aromatic rings. The fraction of sp³-hybridized carbons (Fsp3) is 0.812. The molecule has 3 aliphatic rings. The van der Waals surface area contributed by atoms with Gasteiger partial charge in [-0.25, -0.2) is 0 Å². The lowest BCUT2D eigenvalue weighted by Crippen LogP contribution is -2.62. The molecular formula is C16H28N4O. The first-order chi connectivity index (χ1) is 10.3. The molecule has 3 rings (SSSR count). The third-order valence-electron chi connectivity index (χ3n) is 5.02. The number of carbonyl (C=O) groups excluding carboxylic acids is 1. The average molecular weight is 292 g/mol. The highest BCUT2D eigenvalue weighted by Crippen LogP contribution is 2.21.